The molecule has 1 aliphatic rings. The summed E-state index contributed by atoms with van der Waals surface area (Å²) in [6.45, 7) is 8.25. The van der Waals surface area contributed by atoms with Gasteiger partial charge in [0.25, 0.3) is 0 Å². The fourth-order valence-corrected chi connectivity index (χ4v) is 3.10. The smallest absolute Gasteiger partial charge is 0.0253 e. The molecular formula is C24H26Cl2NOSiTi-2. The van der Waals surface area contributed by atoms with Gasteiger partial charge in [0.15, 0.2) is 0 Å². The Balaban J connectivity index is 0.000000241. The quantitative estimate of drug-likeness (QED) is 0.201. The molecule has 1 N–H and O–H groups in total. The average Bonchev–Trinajstić information content (AvgIpc) is 3.08. The van der Waals surface area contributed by atoms with E-state index in [1.54, 1.807) is 12.1 Å². The van der Waals surface area contributed by atoms with Crippen LogP contribution in [0.25, 0.3) is 16.9 Å². The zero-order chi connectivity index (χ0) is 22.5. The first-order valence-corrected chi connectivity index (χ1v) is 16.1. The Bertz CT molecular complexity index is 884. The van der Waals surface area contributed by atoms with Crippen LogP contribution in [0.3, 0.4) is 0 Å². The van der Waals surface area contributed by atoms with Crippen molar-refractivity contribution in [2.24, 2.45) is 0 Å². The third kappa shape index (κ3) is 8.79. The van der Waals surface area contributed by atoms with E-state index in [1.807, 2.05) is 26.0 Å². The van der Waals surface area contributed by atoms with Gasteiger partial charge in [-0.1, -0.05) is 77.8 Å². The second-order valence-corrected chi connectivity index (χ2v) is 10.5. The molecule has 1 amide bonds. The number of hydrogen-bond donors (Lipinski definition) is 0. The minimum Gasteiger partial charge on any atom is -0.179 e. The Morgan fingerprint density at radius 1 is 1.00 bits per heavy atom. The molecule has 0 bridgehead atoms. The standard InChI is InChI=1S/C13H9.C9H11NO.C2H7Si.2ClH.Ti/c1-3-7-12-10(5-1)9-11-6-2-4-8-13(11)12;1-6-3-7(2)5-8(4-6)9(10)11;1-3-2;;;/h1-5,7-8H,9H2;3-5H,1-2H3,(H2,10,11);3H,1-2H3;2*1H;/q-1;;;;;+2/p-3. The van der Waals surface area contributed by atoms with Crippen LogP contribution in [-0.4, -0.2) is 15.4 Å². The van der Waals surface area contributed by atoms with Crippen LogP contribution in [0.2, 0.25) is 13.1 Å². The van der Waals surface area contributed by atoms with E-state index in [0.29, 0.717) is 5.56 Å². The summed E-state index contributed by atoms with van der Waals surface area (Å²) in [6.07, 6.45) is 1.05. The summed E-state index contributed by atoms with van der Waals surface area (Å²) in [4.78, 5) is 10.6. The van der Waals surface area contributed by atoms with Gasteiger partial charge in [0.2, 0.25) is 0 Å². The molecule has 6 heteroatoms. The Morgan fingerprint density at radius 3 is 2.10 bits per heavy atom. The van der Waals surface area contributed by atoms with Gasteiger partial charge in [-0.15, -0.1) is 5.56 Å². The SMILES string of the molecule is C[SiH]C.Cc1cc(C)cc(C([NH-])=O)c1.[Cl][Ti][Cl].[c-]1cccc2c1Cc1ccccc1-2. The number of carbonyl (C=O) groups excluding carboxylic acids is 1. The molecule has 0 heterocycles. The van der Waals surface area contributed by atoms with Crippen LogP contribution in [0.4, 0.5) is 0 Å². The molecule has 0 aliphatic heterocycles. The van der Waals surface area contributed by atoms with Crippen LogP contribution >= 0.6 is 18.6 Å². The molecule has 4 rings (SSSR count). The van der Waals surface area contributed by atoms with Crippen molar-refractivity contribution in [3.63, 3.8) is 0 Å². The van der Waals surface area contributed by atoms with Crippen molar-refractivity contribution in [3.8, 4) is 11.1 Å². The minimum atomic E-state index is -0.614. The molecule has 1 radical (unpaired) electrons. The van der Waals surface area contributed by atoms with Crippen molar-refractivity contribution in [1.29, 1.82) is 0 Å². The van der Waals surface area contributed by atoms with E-state index >= 15 is 0 Å². The van der Waals surface area contributed by atoms with Gasteiger partial charge in [-0.05, 0) is 25.8 Å². The van der Waals surface area contributed by atoms with Crippen molar-refractivity contribution in [3.05, 3.63) is 100 Å². The van der Waals surface area contributed by atoms with E-state index < -0.39 is 22.9 Å². The summed E-state index contributed by atoms with van der Waals surface area (Å²) in [6, 6.07) is 23.5. The molecule has 2 nitrogen and oxygen atoms in total. The number of rotatable bonds is 1. The maximum Gasteiger partial charge on any atom is -0.0253 e. The van der Waals surface area contributed by atoms with Crippen molar-refractivity contribution in [2.45, 2.75) is 33.4 Å². The molecule has 0 saturated carbocycles. The molecule has 0 spiro atoms. The molecule has 1 aliphatic carbocycles. The Morgan fingerprint density at radius 2 is 1.53 bits per heavy atom. The first-order valence-electron chi connectivity index (χ1n) is 9.50. The number of halogens is 2. The molecule has 0 fully saturated rings. The van der Waals surface area contributed by atoms with Gasteiger partial charge in [-0.25, -0.2) is 0 Å². The summed E-state index contributed by atoms with van der Waals surface area (Å²) < 4.78 is 0. The van der Waals surface area contributed by atoms with Crippen LogP contribution < -0.4 is 0 Å². The van der Waals surface area contributed by atoms with Crippen molar-refractivity contribution < 1.29 is 21.8 Å². The van der Waals surface area contributed by atoms with Crippen LogP contribution in [0.5, 0.6) is 0 Å². The molecule has 30 heavy (non-hydrogen) atoms. The average molecular weight is 491 g/mol. The number of amides is 1. The fourth-order valence-electron chi connectivity index (χ4n) is 3.10. The Labute approximate surface area is 199 Å². The summed E-state index contributed by atoms with van der Waals surface area (Å²) in [7, 11) is 10.5. The first kappa shape index (κ1) is 26.7. The molecule has 3 aromatic rings. The number of nitrogens with one attached hydrogen (secondary N) is 1. The first-order chi connectivity index (χ1) is 14.4. The van der Waals surface area contributed by atoms with Gasteiger partial charge < -0.3 is 10.5 Å². The molecule has 0 saturated heterocycles. The predicted molar refractivity (Wildman–Crippen MR) is 129 cm³/mol. The van der Waals surface area contributed by atoms with E-state index in [2.05, 4.69) is 55.6 Å². The summed E-state index contributed by atoms with van der Waals surface area (Å²) in [5.74, 6) is -0.614. The maximum atomic E-state index is 10.6. The second-order valence-electron chi connectivity index (χ2n) is 6.75. The Hall–Kier alpha value is -1.36. The molecule has 3 aromatic carbocycles. The van der Waals surface area contributed by atoms with Crippen molar-refractivity contribution in [1.82, 2.24) is 0 Å². The summed E-state index contributed by atoms with van der Waals surface area (Å²) in [5, 5.41) is 0. The van der Waals surface area contributed by atoms with Gasteiger partial charge >= 0.3 is 35.6 Å². The largest absolute Gasteiger partial charge is 0.179 e. The van der Waals surface area contributed by atoms with Crippen molar-refractivity contribution in [2.75, 3.05) is 0 Å². The van der Waals surface area contributed by atoms with E-state index in [9.17, 15) is 4.79 Å². The molecule has 0 aromatic heterocycles. The number of fused-ring (bicyclic) bond motifs is 3. The number of benzene rings is 3. The third-order valence-corrected chi connectivity index (χ3v) is 4.10. The van der Waals surface area contributed by atoms with Crippen LogP contribution in [0.15, 0.2) is 60.7 Å². The monoisotopic (exact) mass is 490 g/mol. The molecule has 0 unspecified atom stereocenters. The number of carbonyl (C=O) groups is 1. The van der Waals surface area contributed by atoms with Crippen LogP contribution in [-0.2, 0) is 23.5 Å². The van der Waals surface area contributed by atoms with Gasteiger partial charge in [0.1, 0.15) is 0 Å². The van der Waals surface area contributed by atoms with Crippen LogP contribution in [0.1, 0.15) is 32.6 Å². The normalized spacial score (nSPS) is 9.93. The van der Waals surface area contributed by atoms with E-state index in [1.165, 1.54) is 22.3 Å². The second kappa shape index (κ2) is 14.6. The van der Waals surface area contributed by atoms with E-state index in [0.717, 1.165) is 27.1 Å². The van der Waals surface area contributed by atoms with Gasteiger partial charge in [-0.3, -0.25) is 0 Å². The van der Waals surface area contributed by atoms with Crippen LogP contribution in [0, 0.1) is 19.9 Å². The summed E-state index contributed by atoms with van der Waals surface area (Å²) >= 11 is -0.556. The molecular weight excluding hydrogens is 465 g/mol. The topological polar surface area (TPSA) is 40.9 Å². The van der Waals surface area contributed by atoms with Crippen molar-refractivity contribution >= 4 is 34.0 Å². The Kier molecular flexibility index (Phi) is 13.0. The predicted octanol–water partition coefficient (Wildman–Crippen LogP) is 7.45. The van der Waals surface area contributed by atoms with Gasteiger partial charge in [0, 0.05) is 9.52 Å². The van der Waals surface area contributed by atoms with Gasteiger partial charge in [0.05, 0.1) is 5.91 Å². The number of aryl methyl sites for hydroxylation is 2. The maximum absolute atomic E-state index is 10.6. The van der Waals surface area contributed by atoms with E-state index in [4.69, 9.17) is 24.3 Å². The fraction of sp³-hybridized carbons (Fsp3) is 0.208. The molecule has 0 atom stereocenters. The summed E-state index contributed by atoms with van der Waals surface area (Å²) in [5.41, 5.74) is 14.9. The number of hydrogen-bond acceptors (Lipinski definition) is 1. The zero-order valence-corrected chi connectivity index (χ0v) is 22.0. The molecule has 157 valence electrons. The zero-order valence-electron chi connectivity index (χ0n) is 17.7. The minimum absolute atomic E-state index is 0.475. The van der Waals surface area contributed by atoms with Gasteiger partial charge in [-0.2, -0.15) is 29.8 Å². The van der Waals surface area contributed by atoms with E-state index in [-0.39, 0.29) is 0 Å². The third-order valence-electron chi connectivity index (χ3n) is 4.10.